The first-order valence-corrected chi connectivity index (χ1v) is 7.95. The average Bonchev–Trinajstić information content (AvgIpc) is 2.62. The van der Waals surface area contributed by atoms with E-state index in [9.17, 15) is 22.4 Å². The Morgan fingerprint density at radius 3 is 2.37 bits per heavy atom. The van der Waals surface area contributed by atoms with Crippen molar-refractivity contribution in [1.82, 2.24) is 4.98 Å². The molecule has 3 nitrogen and oxygen atoms in total. The van der Waals surface area contributed by atoms with E-state index in [0.717, 1.165) is 18.2 Å². The molecule has 0 unspecified atom stereocenters. The summed E-state index contributed by atoms with van der Waals surface area (Å²) in [7, 11) is 0. The summed E-state index contributed by atoms with van der Waals surface area (Å²) >= 11 is 0. The summed E-state index contributed by atoms with van der Waals surface area (Å²) in [5, 5.41) is 0. The van der Waals surface area contributed by atoms with Gasteiger partial charge in [-0.1, -0.05) is 24.3 Å². The standard InChI is InChI=1S/C20H14F4N2O/c21-16-4-2-1-3-14(16)18-8-5-12(11-26-18)9-19(27)13-6-7-15(17(25)10-13)20(22,23)24/h1-8,10-11H,9,25H2. The SMILES string of the molecule is Nc1cc(C(=O)Cc2ccc(-c3ccccc3F)nc2)ccc1C(F)(F)F. The quantitative estimate of drug-likeness (QED) is 0.401. The molecule has 1 heterocycles. The number of anilines is 1. The maximum absolute atomic E-state index is 13.8. The van der Waals surface area contributed by atoms with Gasteiger partial charge in [0.1, 0.15) is 5.82 Å². The molecule has 2 N–H and O–H groups in total. The van der Waals surface area contributed by atoms with Crippen molar-refractivity contribution in [3.05, 3.63) is 83.3 Å². The molecule has 0 amide bonds. The highest BCUT2D eigenvalue weighted by atomic mass is 19.4. The maximum atomic E-state index is 13.8. The lowest BCUT2D eigenvalue weighted by Gasteiger charge is -2.11. The maximum Gasteiger partial charge on any atom is 0.418 e. The van der Waals surface area contributed by atoms with Gasteiger partial charge in [0.25, 0.3) is 0 Å². The van der Waals surface area contributed by atoms with Crippen LogP contribution in [-0.4, -0.2) is 10.8 Å². The number of hydrogen-bond acceptors (Lipinski definition) is 3. The summed E-state index contributed by atoms with van der Waals surface area (Å²) in [6, 6.07) is 12.3. The predicted octanol–water partition coefficient (Wildman–Crippen LogP) is 4.91. The van der Waals surface area contributed by atoms with Crippen LogP contribution in [0.4, 0.5) is 23.2 Å². The summed E-state index contributed by atoms with van der Waals surface area (Å²) in [5.41, 5.74) is 5.34. The first-order valence-electron chi connectivity index (χ1n) is 7.95. The molecule has 0 spiro atoms. The van der Waals surface area contributed by atoms with Crippen LogP contribution in [0.3, 0.4) is 0 Å². The van der Waals surface area contributed by atoms with Crippen LogP contribution in [0.25, 0.3) is 11.3 Å². The van der Waals surface area contributed by atoms with Gasteiger partial charge in [-0.2, -0.15) is 13.2 Å². The second-order valence-electron chi connectivity index (χ2n) is 5.93. The van der Waals surface area contributed by atoms with Gasteiger partial charge in [-0.25, -0.2) is 4.39 Å². The van der Waals surface area contributed by atoms with Crippen molar-refractivity contribution in [2.24, 2.45) is 0 Å². The lowest BCUT2D eigenvalue weighted by Crippen LogP contribution is -2.11. The van der Waals surface area contributed by atoms with Gasteiger partial charge in [0.05, 0.1) is 11.3 Å². The highest BCUT2D eigenvalue weighted by Gasteiger charge is 2.33. The first-order chi connectivity index (χ1) is 12.8. The fourth-order valence-electron chi connectivity index (χ4n) is 2.64. The molecule has 1 aromatic heterocycles. The zero-order chi connectivity index (χ0) is 19.6. The molecule has 0 fully saturated rings. The minimum Gasteiger partial charge on any atom is -0.398 e. The second-order valence-corrected chi connectivity index (χ2v) is 5.93. The van der Waals surface area contributed by atoms with Crippen LogP contribution in [-0.2, 0) is 12.6 Å². The van der Waals surface area contributed by atoms with Crippen LogP contribution in [0.1, 0.15) is 21.5 Å². The number of pyridine rings is 1. The van der Waals surface area contributed by atoms with E-state index in [2.05, 4.69) is 4.98 Å². The van der Waals surface area contributed by atoms with Gasteiger partial charge in [-0.15, -0.1) is 0 Å². The number of nitrogens with zero attached hydrogens (tertiary/aromatic N) is 1. The van der Waals surface area contributed by atoms with E-state index in [1.807, 2.05) is 0 Å². The zero-order valence-electron chi connectivity index (χ0n) is 13.9. The summed E-state index contributed by atoms with van der Waals surface area (Å²) in [6.45, 7) is 0. The Labute approximate surface area is 152 Å². The molecule has 0 radical (unpaired) electrons. The molecule has 27 heavy (non-hydrogen) atoms. The van der Waals surface area contributed by atoms with Crippen molar-refractivity contribution in [3.63, 3.8) is 0 Å². The topological polar surface area (TPSA) is 56.0 Å². The Morgan fingerprint density at radius 1 is 1.04 bits per heavy atom. The minimum absolute atomic E-state index is 0.0602. The molecule has 3 rings (SSSR count). The van der Waals surface area contributed by atoms with Gasteiger partial charge >= 0.3 is 6.18 Å². The lowest BCUT2D eigenvalue weighted by molar-refractivity contribution is -0.136. The van der Waals surface area contributed by atoms with Crippen molar-refractivity contribution < 1.29 is 22.4 Å². The Balaban J connectivity index is 1.77. The summed E-state index contributed by atoms with van der Waals surface area (Å²) < 4.78 is 52.0. The van der Waals surface area contributed by atoms with Crippen LogP contribution in [0.2, 0.25) is 0 Å². The molecular weight excluding hydrogens is 360 g/mol. The molecule has 0 atom stereocenters. The molecule has 138 valence electrons. The fraction of sp³-hybridized carbons (Fsp3) is 0.100. The normalized spacial score (nSPS) is 11.4. The van der Waals surface area contributed by atoms with E-state index >= 15 is 0 Å². The fourth-order valence-corrected chi connectivity index (χ4v) is 2.64. The van der Waals surface area contributed by atoms with E-state index < -0.39 is 29.0 Å². The molecular formula is C20H14F4N2O. The number of benzene rings is 2. The Hall–Kier alpha value is -3.22. The van der Waals surface area contributed by atoms with E-state index in [0.29, 0.717) is 16.8 Å². The summed E-state index contributed by atoms with van der Waals surface area (Å²) in [6.07, 6.45) is -3.19. The van der Waals surface area contributed by atoms with Crippen molar-refractivity contribution >= 4 is 11.5 Å². The molecule has 2 aromatic carbocycles. The average molecular weight is 374 g/mol. The van der Waals surface area contributed by atoms with Gasteiger partial charge in [0.2, 0.25) is 0 Å². The van der Waals surface area contributed by atoms with E-state index in [1.165, 1.54) is 12.3 Å². The number of carbonyl (C=O) groups is 1. The van der Waals surface area contributed by atoms with E-state index in [4.69, 9.17) is 5.73 Å². The lowest BCUT2D eigenvalue weighted by atomic mass is 10.0. The molecule has 0 saturated carbocycles. The highest BCUT2D eigenvalue weighted by Crippen LogP contribution is 2.34. The van der Waals surface area contributed by atoms with Crippen LogP contribution in [0.15, 0.2) is 60.8 Å². The molecule has 7 heteroatoms. The van der Waals surface area contributed by atoms with Gasteiger partial charge in [-0.05, 0) is 35.9 Å². The third kappa shape index (κ3) is 4.13. The second kappa shape index (κ2) is 7.19. The minimum atomic E-state index is -4.57. The summed E-state index contributed by atoms with van der Waals surface area (Å²) in [4.78, 5) is 16.5. The Kier molecular flexibility index (Phi) is 4.94. The highest BCUT2D eigenvalue weighted by molar-refractivity contribution is 5.98. The first kappa shape index (κ1) is 18.6. The number of nitrogens with two attached hydrogens (primary N) is 1. The van der Waals surface area contributed by atoms with Crippen molar-refractivity contribution in [2.75, 3.05) is 5.73 Å². The van der Waals surface area contributed by atoms with Gasteiger partial charge in [0, 0.05) is 29.4 Å². The number of ketones is 1. The Morgan fingerprint density at radius 2 is 1.78 bits per heavy atom. The number of aromatic nitrogens is 1. The van der Waals surface area contributed by atoms with Crippen LogP contribution >= 0.6 is 0 Å². The predicted molar refractivity (Wildman–Crippen MR) is 93.5 cm³/mol. The monoisotopic (exact) mass is 374 g/mol. The molecule has 0 aliphatic carbocycles. The van der Waals surface area contributed by atoms with E-state index in [-0.39, 0.29) is 12.0 Å². The molecule has 0 saturated heterocycles. The molecule has 0 aliphatic rings. The number of Topliss-reactive ketones (excluding diaryl/α,β-unsaturated/α-hetero) is 1. The number of nitrogen functional groups attached to an aromatic ring is 1. The summed E-state index contributed by atoms with van der Waals surface area (Å²) in [5.74, 6) is -0.801. The van der Waals surface area contributed by atoms with Gasteiger partial charge in [0.15, 0.2) is 5.78 Å². The number of rotatable bonds is 4. The molecule has 3 aromatic rings. The van der Waals surface area contributed by atoms with Crippen LogP contribution in [0, 0.1) is 5.82 Å². The van der Waals surface area contributed by atoms with Crippen LogP contribution in [0.5, 0.6) is 0 Å². The van der Waals surface area contributed by atoms with Crippen LogP contribution < -0.4 is 5.73 Å². The van der Waals surface area contributed by atoms with Gasteiger partial charge < -0.3 is 5.73 Å². The van der Waals surface area contributed by atoms with Crippen molar-refractivity contribution in [2.45, 2.75) is 12.6 Å². The van der Waals surface area contributed by atoms with Crippen molar-refractivity contribution in [3.8, 4) is 11.3 Å². The van der Waals surface area contributed by atoms with Crippen molar-refractivity contribution in [1.29, 1.82) is 0 Å². The number of hydrogen-bond donors (Lipinski definition) is 1. The van der Waals surface area contributed by atoms with Gasteiger partial charge in [-0.3, -0.25) is 9.78 Å². The molecule has 0 bridgehead atoms. The van der Waals surface area contributed by atoms with E-state index in [1.54, 1.807) is 30.3 Å². The number of alkyl halides is 3. The number of carbonyl (C=O) groups excluding carboxylic acids is 1. The number of halogens is 4. The third-order valence-electron chi connectivity index (χ3n) is 4.02. The third-order valence-corrected chi connectivity index (χ3v) is 4.02. The Bertz CT molecular complexity index is 982. The largest absolute Gasteiger partial charge is 0.418 e. The smallest absolute Gasteiger partial charge is 0.398 e. The zero-order valence-corrected chi connectivity index (χ0v) is 13.9. The molecule has 0 aliphatic heterocycles.